The second kappa shape index (κ2) is 6.26. The third-order valence-corrected chi connectivity index (χ3v) is 3.57. The van der Waals surface area contributed by atoms with Gasteiger partial charge in [-0.2, -0.15) is 0 Å². The maximum atomic E-state index is 11.9. The lowest BCUT2D eigenvalue weighted by Gasteiger charge is -2.21. The fourth-order valence-corrected chi connectivity index (χ4v) is 2.67. The molecule has 1 aromatic rings. The summed E-state index contributed by atoms with van der Waals surface area (Å²) in [4.78, 5) is 16.0. The first kappa shape index (κ1) is 12.7. The van der Waals surface area contributed by atoms with Gasteiger partial charge < -0.3 is 5.32 Å². The molecule has 0 spiro atoms. The first-order chi connectivity index (χ1) is 8.24. The molecule has 2 rings (SSSR count). The normalized spacial score (nSPS) is 17.0. The number of nitrogens with one attached hydrogen (secondary N) is 1. The molecule has 1 fully saturated rings. The van der Waals surface area contributed by atoms with Crippen LogP contribution >= 0.6 is 15.9 Å². The molecule has 1 aliphatic heterocycles. The molecule has 0 unspecified atom stereocenters. The Balaban J connectivity index is 1.84. The quantitative estimate of drug-likeness (QED) is 0.927. The third-order valence-electron chi connectivity index (χ3n) is 3.14. The molecule has 0 atom stereocenters. The maximum absolute atomic E-state index is 11.9. The van der Waals surface area contributed by atoms with Crippen molar-refractivity contribution in [1.29, 1.82) is 0 Å². The first-order valence-corrected chi connectivity index (χ1v) is 6.85. The summed E-state index contributed by atoms with van der Waals surface area (Å²) in [6.45, 7) is 2.10. The van der Waals surface area contributed by atoms with Crippen molar-refractivity contribution >= 4 is 21.7 Å². The highest BCUT2D eigenvalue weighted by Gasteiger charge is 2.16. The average Bonchev–Trinajstić information content (AvgIpc) is 2.30. The molecule has 92 valence electrons. The van der Waals surface area contributed by atoms with Gasteiger partial charge in [0.1, 0.15) is 5.78 Å². The fourth-order valence-electron chi connectivity index (χ4n) is 2.26. The van der Waals surface area contributed by atoms with Crippen LogP contribution in [0.3, 0.4) is 0 Å². The molecule has 17 heavy (non-hydrogen) atoms. The Hall–Kier alpha value is -0.740. The average molecular weight is 297 g/mol. The molecule has 1 saturated heterocycles. The highest BCUT2D eigenvalue weighted by Crippen LogP contribution is 2.18. The minimum absolute atomic E-state index is 0.330. The number of carbonyl (C=O) groups excluding carboxylic acids is 1. The van der Waals surface area contributed by atoms with Gasteiger partial charge in [0.2, 0.25) is 0 Å². The van der Waals surface area contributed by atoms with Crippen molar-refractivity contribution in [3.05, 3.63) is 28.5 Å². The van der Waals surface area contributed by atoms with Gasteiger partial charge in [0.05, 0.1) is 0 Å². The van der Waals surface area contributed by atoms with Crippen molar-refractivity contribution in [1.82, 2.24) is 10.3 Å². The van der Waals surface area contributed by atoms with Crippen molar-refractivity contribution in [2.75, 3.05) is 13.1 Å². The summed E-state index contributed by atoms with van der Waals surface area (Å²) in [5.74, 6) is 0.903. The summed E-state index contributed by atoms with van der Waals surface area (Å²) < 4.78 is 0.935. The molecule has 1 aliphatic rings. The van der Waals surface area contributed by atoms with Gasteiger partial charge >= 0.3 is 0 Å². The number of piperidine rings is 1. The van der Waals surface area contributed by atoms with Crippen LogP contribution in [0.4, 0.5) is 0 Å². The predicted molar refractivity (Wildman–Crippen MR) is 70.9 cm³/mol. The van der Waals surface area contributed by atoms with Gasteiger partial charge in [-0.25, -0.2) is 0 Å². The number of aromatic nitrogens is 1. The Kier molecular flexibility index (Phi) is 4.68. The SMILES string of the molecule is O=C(Cc1cncc(Br)c1)CC1CCNCC1. The Morgan fingerprint density at radius 2 is 2.18 bits per heavy atom. The zero-order valence-corrected chi connectivity index (χ0v) is 11.4. The molecular formula is C13H17BrN2O. The van der Waals surface area contributed by atoms with Gasteiger partial charge in [0.15, 0.2) is 0 Å². The molecule has 2 heterocycles. The summed E-state index contributed by atoms with van der Waals surface area (Å²) in [6, 6.07) is 1.97. The lowest BCUT2D eigenvalue weighted by Crippen LogP contribution is -2.29. The fraction of sp³-hybridized carbons (Fsp3) is 0.538. The Bertz CT molecular complexity index is 389. The summed E-state index contributed by atoms with van der Waals surface area (Å²) in [6.07, 6.45) is 6.99. The zero-order chi connectivity index (χ0) is 12.1. The van der Waals surface area contributed by atoms with Crippen LogP contribution < -0.4 is 5.32 Å². The van der Waals surface area contributed by atoms with E-state index in [1.807, 2.05) is 6.07 Å². The molecule has 0 saturated carbocycles. The molecule has 1 N–H and O–H groups in total. The molecular weight excluding hydrogens is 280 g/mol. The van der Waals surface area contributed by atoms with Gasteiger partial charge in [-0.3, -0.25) is 9.78 Å². The van der Waals surface area contributed by atoms with E-state index in [1.165, 1.54) is 0 Å². The maximum Gasteiger partial charge on any atom is 0.137 e. The van der Waals surface area contributed by atoms with E-state index in [-0.39, 0.29) is 0 Å². The van der Waals surface area contributed by atoms with E-state index in [1.54, 1.807) is 12.4 Å². The Morgan fingerprint density at radius 3 is 2.88 bits per heavy atom. The second-order valence-electron chi connectivity index (χ2n) is 4.62. The highest BCUT2D eigenvalue weighted by molar-refractivity contribution is 9.10. The number of carbonyl (C=O) groups is 1. The molecule has 0 bridgehead atoms. The summed E-state index contributed by atoms with van der Waals surface area (Å²) in [5.41, 5.74) is 0.998. The number of pyridine rings is 1. The lowest BCUT2D eigenvalue weighted by atomic mass is 9.91. The van der Waals surface area contributed by atoms with Crippen LogP contribution in [0.15, 0.2) is 22.9 Å². The van der Waals surface area contributed by atoms with E-state index in [0.717, 1.165) is 36.0 Å². The van der Waals surface area contributed by atoms with Crippen molar-refractivity contribution in [2.24, 2.45) is 5.92 Å². The van der Waals surface area contributed by atoms with E-state index in [2.05, 4.69) is 26.2 Å². The first-order valence-electron chi connectivity index (χ1n) is 6.06. The Labute approximate surface area is 110 Å². The number of rotatable bonds is 4. The lowest BCUT2D eigenvalue weighted by molar-refractivity contribution is -0.119. The van der Waals surface area contributed by atoms with Crippen LogP contribution in [0.2, 0.25) is 0 Å². The van der Waals surface area contributed by atoms with Crippen LogP contribution in [0, 0.1) is 5.92 Å². The standard InChI is InChI=1S/C13H17BrN2O/c14-12-5-11(8-16-9-12)7-13(17)6-10-1-3-15-4-2-10/h5,8-10,15H,1-4,6-7H2. The second-order valence-corrected chi connectivity index (χ2v) is 5.54. The van der Waals surface area contributed by atoms with Crippen molar-refractivity contribution in [3.8, 4) is 0 Å². The van der Waals surface area contributed by atoms with E-state index in [4.69, 9.17) is 0 Å². The summed E-state index contributed by atoms with van der Waals surface area (Å²) >= 11 is 3.37. The highest BCUT2D eigenvalue weighted by atomic mass is 79.9. The predicted octanol–water partition coefficient (Wildman–Crippen LogP) is 2.35. The van der Waals surface area contributed by atoms with Gasteiger partial charge in [-0.15, -0.1) is 0 Å². The molecule has 4 heteroatoms. The van der Waals surface area contributed by atoms with E-state index >= 15 is 0 Å². The number of hydrogen-bond donors (Lipinski definition) is 1. The van der Waals surface area contributed by atoms with Gasteiger partial charge in [-0.05, 0) is 59.4 Å². The van der Waals surface area contributed by atoms with Crippen molar-refractivity contribution in [3.63, 3.8) is 0 Å². The minimum Gasteiger partial charge on any atom is -0.317 e. The Morgan fingerprint density at radius 1 is 1.41 bits per heavy atom. The van der Waals surface area contributed by atoms with Crippen LogP contribution in [-0.2, 0) is 11.2 Å². The summed E-state index contributed by atoms with van der Waals surface area (Å²) in [5, 5.41) is 3.32. The third kappa shape index (κ3) is 4.21. The van der Waals surface area contributed by atoms with E-state index < -0.39 is 0 Å². The monoisotopic (exact) mass is 296 g/mol. The molecule has 1 aromatic heterocycles. The molecule has 3 nitrogen and oxygen atoms in total. The number of ketones is 1. The van der Waals surface area contributed by atoms with Crippen LogP contribution in [0.25, 0.3) is 0 Å². The number of hydrogen-bond acceptors (Lipinski definition) is 3. The topological polar surface area (TPSA) is 42.0 Å². The largest absolute Gasteiger partial charge is 0.317 e. The summed E-state index contributed by atoms with van der Waals surface area (Å²) in [7, 11) is 0. The zero-order valence-electron chi connectivity index (χ0n) is 9.79. The minimum atomic E-state index is 0.330. The van der Waals surface area contributed by atoms with Crippen LogP contribution in [-0.4, -0.2) is 23.9 Å². The van der Waals surface area contributed by atoms with E-state index in [9.17, 15) is 4.79 Å². The van der Waals surface area contributed by atoms with Crippen LogP contribution in [0.1, 0.15) is 24.8 Å². The molecule has 0 radical (unpaired) electrons. The van der Waals surface area contributed by atoms with Crippen LogP contribution in [0.5, 0.6) is 0 Å². The van der Waals surface area contributed by atoms with Gasteiger partial charge in [0, 0.05) is 29.7 Å². The van der Waals surface area contributed by atoms with E-state index in [0.29, 0.717) is 24.5 Å². The van der Waals surface area contributed by atoms with Crippen molar-refractivity contribution in [2.45, 2.75) is 25.7 Å². The number of nitrogens with zero attached hydrogens (tertiary/aromatic N) is 1. The number of Topliss-reactive ketones (excluding diaryl/α,β-unsaturated/α-hetero) is 1. The molecule has 0 aromatic carbocycles. The number of halogens is 1. The molecule has 0 aliphatic carbocycles. The van der Waals surface area contributed by atoms with Gasteiger partial charge in [-0.1, -0.05) is 0 Å². The molecule has 0 amide bonds. The van der Waals surface area contributed by atoms with Crippen molar-refractivity contribution < 1.29 is 4.79 Å². The van der Waals surface area contributed by atoms with Gasteiger partial charge in [0.25, 0.3) is 0 Å². The smallest absolute Gasteiger partial charge is 0.137 e.